The molecular weight excluding hydrogens is 328 g/mol. The molecule has 0 radical (unpaired) electrons. The first-order valence-corrected chi connectivity index (χ1v) is 8.69. The van der Waals surface area contributed by atoms with Gasteiger partial charge in [-0.2, -0.15) is 0 Å². The van der Waals surface area contributed by atoms with E-state index in [1.807, 2.05) is 23.6 Å². The summed E-state index contributed by atoms with van der Waals surface area (Å²) in [5.74, 6) is 0.391. The molecule has 0 spiro atoms. The van der Waals surface area contributed by atoms with Crippen LogP contribution in [0.3, 0.4) is 0 Å². The number of hydrogen-bond donors (Lipinski definition) is 1. The molecule has 2 rings (SSSR count). The van der Waals surface area contributed by atoms with Gasteiger partial charge < -0.3 is 19.4 Å². The number of nitrogens with zero attached hydrogens (tertiary/aromatic N) is 1. The van der Waals surface area contributed by atoms with E-state index >= 15 is 0 Å². The fraction of sp³-hybridized carbons (Fsp3) is 0.412. The quantitative estimate of drug-likeness (QED) is 0.741. The molecule has 0 unspecified atom stereocenters. The number of rotatable bonds is 8. The van der Waals surface area contributed by atoms with E-state index in [0.717, 1.165) is 4.88 Å². The molecular formula is C17H22N2O4S. The SMILES string of the molecule is CC(C)OC(=O)CCNC(=O)N(Cc1ccco1)Cc1cccs1. The molecule has 2 aromatic heterocycles. The minimum atomic E-state index is -0.318. The van der Waals surface area contributed by atoms with Crippen LogP contribution in [0.1, 0.15) is 30.9 Å². The van der Waals surface area contributed by atoms with Gasteiger partial charge in [0.2, 0.25) is 0 Å². The van der Waals surface area contributed by atoms with Gasteiger partial charge in [0.1, 0.15) is 5.76 Å². The van der Waals surface area contributed by atoms with Crippen LogP contribution in [0.5, 0.6) is 0 Å². The van der Waals surface area contributed by atoms with E-state index in [1.165, 1.54) is 0 Å². The summed E-state index contributed by atoms with van der Waals surface area (Å²) in [6.07, 6.45) is 1.58. The van der Waals surface area contributed by atoms with Crippen LogP contribution in [0, 0.1) is 0 Å². The van der Waals surface area contributed by atoms with Gasteiger partial charge in [-0.1, -0.05) is 6.07 Å². The van der Waals surface area contributed by atoms with E-state index in [-0.39, 0.29) is 31.1 Å². The summed E-state index contributed by atoms with van der Waals surface area (Å²) in [5, 5.41) is 4.73. The highest BCUT2D eigenvalue weighted by Gasteiger charge is 2.16. The number of nitrogens with one attached hydrogen (secondary N) is 1. The average Bonchev–Trinajstić information content (AvgIpc) is 3.19. The number of carbonyl (C=O) groups excluding carboxylic acids is 2. The van der Waals surface area contributed by atoms with Crippen molar-refractivity contribution in [3.8, 4) is 0 Å². The number of amides is 2. The molecule has 0 saturated heterocycles. The van der Waals surface area contributed by atoms with Crippen molar-refractivity contribution < 1.29 is 18.7 Å². The Morgan fingerprint density at radius 3 is 2.75 bits per heavy atom. The molecule has 6 nitrogen and oxygen atoms in total. The third-order valence-electron chi connectivity index (χ3n) is 3.11. The van der Waals surface area contributed by atoms with Crippen LogP contribution in [0.15, 0.2) is 40.3 Å². The minimum Gasteiger partial charge on any atom is -0.467 e. The Balaban J connectivity index is 1.88. The van der Waals surface area contributed by atoms with Crippen LogP contribution in [0.25, 0.3) is 0 Å². The summed E-state index contributed by atoms with van der Waals surface area (Å²) in [6, 6.07) is 7.31. The largest absolute Gasteiger partial charge is 0.467 e. The van der Waals surface area contributed by atoms with Gasteiger partial charge in [0.05, 0.1) is 31.9 Å². The van der Waals surface area contributed by atoms with Gasteiger partial charge in [0, 0.05) is 11.4 Å². The Morgan fingerprint density at radius 2 is 2.12 bits per heavy atom. The summed E-state index contributed by atoms with van der Waals surface area (Å²) in [7, 11) is 0. The highest BCUT2D eigenvalue weighted by molar-refractivity contribution is 7.09. The second-order valence-corrected chi connectivity index (χ2v) is 6.57. The van der Waals surface area contributed by atoms with Gasteiger partial charge in [0.15, 0.2) is 0 Å². The molecule has 2 aromatic rings. The third kappa shape index (κ3) is 6.08. The van der Waals surface area contributed by atoms with E-state index in [0.29, 0.717) is 18.8 Å². The van der Waals surface area contributed by atoms with Crippen molar-refractivity contribution in [3.05, 3.63) is 46.5 Å². The van der Waals surface area contributed by atoms with Crippen LogP contribution in [0.4, 0.5) is 4.79 Å². The number of ether oxygens (including phenoxy) is 1. The molecule has 130 valence electrons. The number of furan rings is 1. The van der Waals surface area contributed by atoms with Gasteiger partial charge in [-0.3, -0.25) is 4.79 Å². The lowest BCUT2D eigenvalue weighted by Crippen LogP contribution is -2.39. The average molecular weight is 350 g/mol. The lowest BCUT2D eigenvalue weighted by Gasteiger charge is -2.21. The van der Waals surface area contributed by atoms with Crippen molar-refractivity contribution in [2.75, 3.05) is 6.54 Å². The smallest absolute Gasteiger partial charge is 0.318 e. The molecule has 0 fully saturated rings. The predicted octanol–water partition coefficient (Wildman–Crippen LogP) is 3.39. The molecule has 24 heavy (non-hydrogen) atoms. The fourth-order valence-corrected chi connectivity index (χ4v) is 2.81. The normalized spacial score (nSPS) is 10.6. The van der Waals surface area contributed by atoms with E-state index in [2.05, 4.69) is 5.32 Å². The zero-order valence-corrected chi connectivity index (χ0v) is 14.7. The number of urea groups is 1. The van der Waals surface area contributed by atoms with Crippen LogP contribution in [0.2, 0.25) is 0 Å². The van der Waals surface area contributed by atoms with Gasteiger partial charge in [-0.25, -0.2) is 4.79 Å². The van der Waals surface area contributed by atoms with Crippen LogP contribution >= 0.6 is 11.3 Å². The first-order chi connectivity index (χ1) is 11.5. The van der Waals surface area contributed by atoms with E-state index in [1.54, 1.807) is 42.4 Å². The Morgan fingerprint density at radius 1 is 1.29 bits per heavy atom. The third-order valence-corrected chi connectivity index (χ3v) is 3.97. The van der Waals surface area contributed by atoms with Crippen molar-refractivity contribution >= 4 is 23.3 Å². The molecule has 0 bridgehead atoms. The van der Waals surface area contributed by atoms with Crippen LogP contribution in [-0.4, -0.2) is 29.5 Å². The number of thiophene rings is 1. The molecule has 1 N–H and O–H groups in total. The van der Waals surface area contributed by atoms with E-state index in [9.17, 15) is 9.59 Å². The minimum absolute atomic E-state index is 0.150. The second kappa shape index (κ2) is 9.12. The Hall–Kier alpha value is -2.28. The first-order valence-electron chi connectivity index (χ1n) is 7.81. The van der Waals surface area contributed by atoms with Crippen molar-refractivity contribution in [1.82, 2.24) is 10.2 Å². The molecule has 0 saturated carbocycles. The molecule has 0 aliphatic carbocycles. The zero-order chi connectivity index (χ0) is 17.4. The molecule has 2 heterocycles. The highest BCUT2D eigenvalue weighted by Crippen LogP contribution is 2.15. The topological polar surface area (TPSA) is 71.8 Å². The van der Waals surface area contributed by atoms with Crippen LogP contribution < -0.4 is 5.32 Å². The zero-order valence-electron chi connectivity index (χ0n) is 13.9. The first kappa shape index (κ1) is 18.1. The van der Waals surface area contributed by atoms with Gasteiger partial charge in [0.25, 0.3) is 0 Å². The number of hydrogen-bond acceptors (Lipinski definition) is 5. The maximum atomic E-state index is 12.4. The molecule has 0 aliphatic rings. The lowest BCUT2D eigenvalue weighted by atomic mass is 10.3. The monoisotopic (exact) mass is 350 g/mol. The maximum absolute atomic E-state index is 12.4. The van der Waals surface area contributed by atoms with Crippen molar-refractivity contribution in [2.45, 2.75) is 39.5 Å². The van der Waals surface area contributed by atoms with E-state index in [4.69, 9.17) is 9.15 Å². The Labute approximate surface area is 145 Å². The standard InChI is InChI=1S/C17H22N2O4S/c1-13(2)23-16(20)7-8-18-17(21)19(11-14-5-3-9-22-14)12-15-6-4-10-24-15/h3-6,9-10,13H,7-8,11-12H2,1-2H3,(H,18,21). The molecule has 2 amide bonds. The second-order valence-electron chi connectivity index (χ2n) is 5.54. The van der Waals surface area contributed by atoms with Gasteiger partial charge in [-0.15, -0.1) is 11.3 Å². The van der Waals surface area contributed by atoms with Crippen molar-refractivity contribution in [1.29, 1.82) is 0 Å². The summed E-state index contributed by atoms with van der Waals surface area (Å²) in [5.41, 5.74) is 0. The lowest BCUT2D eigenvalue weighted by molar-refractivity contribution is -0.147. The van der Waals surface area contributed by atoms with Crippen LogP contribution in [-0.2, 0) is 22.6 Å². The fourth-order valence-electron chi connectivity index (χ4n) is 2.09. The summed E-state index contributed by atoms with van der Waals surface area (Å²) < 4.78 is 10.4. The highest BCUT2D eigenvalue weighted by atomic mass is 32.1. The summed E-state index contributed by atoms with van der Waals surface area (Å²) >= 11 is 1.59. The van der Waals surface area contributed by atoms with Gasteiger partial charge in [-0.05, 0) is 37.4 Å². The van der Waals surface area contributed by atoms with Gasteiger partial charge >= 0.3 is 12.0 Å². The molecule has 0 aromatic carbocycles. The number of esters is 1. The Bertz CT molecular complexity index is 587. The number of carbonyl (C=O) groups is 2. The maximum Gasteiger partial charge on any atom is 0.318 e. The van der Waals surface area contributed by atoms with Crippen molar-refractivity contribution in [3.63, 3.8) is 0 Å². The Kier molecular flexibility index (Phi) is 6.87. The molecule has 0 aliphatic heterocycles. The predicted molar refractivity (Wildman–Crippen MR) is 91.5 cm³/mol. The summed E-state index contributed by atoms with van der Waals surface area (Å²) in [6.45, 7) is 4.68. The van der Waals surface area contributed by atoms with E-state index < -0.39 is 0 Å². The molecule has 0 atom stereocenters. The summed E-state index contributed by atoms with van der Waals surface area (Å²) in [4.78, 5) is 26.7. The van der Waals surface area contributed by atoms with Crippen molar-refractivity contribution in [2.24, 2.45) is 0 Å². The molecule has 7 heteroatoms.